The quantitative estimate of drug-likeness (QED) is 0.480. The van der Waals surface area contributed by atoms with Crippen LogP contribution in [0.3, 0.4) is 0 Å². The SMILES string of the molecule is CCOC(=O)CN(CCN)C(=O)CCc1c2ccccc2nc2ccccc12. The van der Waals surface area contributed by atoms with Crippen LogP contribution >= 0.6 is 0 Å². The van der Waals surface area contributed by atoms with Crippen molar-refractivity contribution in [3.63, 3.8) is 0 Å². The first-order valence-corrected chi connectivity index (χ1v) is 9.54. The molecular weight excluding hydrogens is 354 g/mol. The van der Waals surface area contributed by atoms with Crippen molar-refractivity contribution in [2.75, 3.05) is 26.2 Å². The summed E-state index contributed by atoms with van der Waals surface area (Å²) in [6, 6.07) is 15.9. The van der Waals surface area contributed by atoms with E-state index in [1.165, 1.54) is 4.90 Å². The molecule has 3 aromatic rings. The number of aromatic nitrogens is 1. The molecule has 28 heavy (non-hydrogen) atoms. The number of aryl methyl sites for hydroxylation is 1. The Labute approximate surface area is 164 Å². The van der Waals surface area contributed by atoms with Crippen LogP contribution in [0.1, 0.15) is 18.9 Å². The van der Waals surface area contributed by atoms with E-state index in [0.29, 0.717) is 26.1 Å². The Hall–Kier alpha value is -2.99. The van der Waals surface area contributed by atoms with Crippen LogP contribution in [0.5, 0.6) is 0 Å². The third kappa shape index (κ3) is 4.46. The largest absolute Gasteiger partial charge is 0.465 e. The van der Waals surface area contributed by atoms with Gasteiger partial charge in [0.15, 0.2) is 0 Å². The highest BCUT2D eigenvalue weighted by Gasteiger charge is 2.18. The van der Waals surface area contributed by atoms with E-state index in [-0.39, 0.29) is 18.9 Å². The molecule has 2 N–H and O–H groups in total. The zero-order valence-electron chi connectivity index (χ0n) is 16.1. The van der Waals surface area contributed by atoms with Gasteiger partial charge in [0.25, 0.3) is 0 Å². The van der Waals surface area contributed by atoms with E-state index in [2.05, 4.69) is 0 Å². The molecule has 2 aromatic carbocycles. The lowest BCUT2D eigenvalue weighted by Gasteiger charge is -2.21. The highest BCUT2D eigenvalue weighted by molar-refractivity contribution is 5.97. The number of hydrogen-bond donors (Lipinski definition) is 1. The summed E-state index contributed by atoms with van der Waals surface area (Å²) in [5.41, 5.74) is 8.54. The molecule has 0 fully saturated rings. The van der Waals surface area contributed by atoms with Crippen LogP contribution in [-0.4, -0.2) is 48.0 Å². The van der Waals surface area contributed by atoms with Gasteiger partial charge >= 0.3 is 5.97 Å². The number of amides is 1. The average molecular weight is 379 g/mol. The first kappa shape index (κ1) is 19.8. The number of hydrogen-bond acceptors (Lipinski definition) is 5. The van der Waals surface area contributed by atoms with E-state index in [0.717, 1.165) is 27.4 Å². The van der Waals surface area contributed by atoms with Gasteiger partial charge in [-0.05, 0) is 31.0 Å². The minimum Gasteiger partial charge on any atom is -0.465 e. The molecule has 0 aliphatic carbocycles. The maximum Gasteiger partial charge on any atom is 0.325 e. The third-order valence-corrected chi connectivity index (χ3v) is 4.67. The van der Waals surface area contributed by atoms with Crippen LogP contribution in [0.4, 0.5) is 0 Å². The summed E-state index contributed by atoms with van der Waals surface area (Å²) in [5.74, 6) is -0.521. The van der Waals surface area contributed by atoms with Crippen molar-refractivity contribution in [3.8, 4) is 0 Å². The Kier molecular flexibility index (Phi) is 6.55. The van der Waals surface area contributed by atoms with Crippen molar-refractivity contribution >= 4 is 33.7 Å². The predicted molar refractivity (Wildman–Crippen MR) is 110 cm³/mol. The van der Waals surface area contributed by atoms with Crippen LogP contribution in [0.2, 0.25) is 0 Å². The highest BCUT2D eigenvalue weighted by atomic mass is 16.5. The fourth-order valence-corrected chi connectivity index (χ4v) is 3.40. The Balaban J connectivity index is 1.85. The molecule has 146 valence electrons. The fourth-order valence-electron chi connectivity index (χ4n) is 3.40. The number of carbonyl (C=O) groups is 2. The summed E-state index contributed by atoms with van der Waals surface area (Å²) in [7, 11) is 0. The molecule has 6 heteroatoms. The standard InChI is InChI=1S/C22H25N3O3/c1-2-28-22(27)15-25(14-13-23)21(26)12-11-16-17-7-3-5-9-19(17)24-20-10-6-4-8-18(16)20/h3-10H,2,11-15,23H2,1H3. The second-order valence-corrected chi connectivity index (χ2v) is 6.53. The van der Waals surface area contributed by atoms with E-state index < -0.39 is 5.97 Å². The van der Waals surface area contributed by atoms with Crippen molar-refractivity contribution in [1.29, 1.82) is 0 Å². The molecule has 0 radical (unpaired) electrons. The van der Waals surface area contributed by atoms with E-state index in [1.807, 2.05) is 48.5 Å². The second kappa shape index (κ2) is 9.28. The number of carbonyl (C=O) groups excluding carboxylic acids is 2. The minimum absolute atomic E-state index is 0.0677. The zero-order chi connectivity index (χ0) is 19.9. The number of ether oxygens (including phenoxy) is 1. The molecule has 0 saturated carbocycles. The maximum atomic E-state index is 12.8. The van der Waals surface area contributed by atoms with Gasteiger partial charge in [-0.3, -0.25) is 9.59 Å². The minimum atomic E-state index is -0.413. The number of nitrogens with zero attached hydrogens (tertiary/aromatic N) is 2. The molecule has 0 aliphatic heterocycles. The zero-order valence-corrected chi connectivity index (χ0v) is 16.1. The monoisotopic (exact) mass is 379 g/mol. The summed E-state index contributed by atoms with van der Waals surface area (Å²) in [4.78, 5) is 30.7. The first-order chi connectivity index (χ1) is 13.6. The van der Waals surface area contributed by atoms with Crippen molar-refractivity contribution in [1.82, 2.24) is 9.88 Å². The van der Waals surface area contributed by atoms with Gasteiger partial charge in [0.05, 0.1) is 17.6 Å². The number of pyridine rings is 1. The molecule has 1 heterocycles. The maximum absolute atomic E-state index is 12.8. The normalized spacial score (nSPS) is 10.9. The van der Waals surface area contributed by atoms with E-state index in [4.69, 9.17) is 15.5 Å². The van der Waals surface area contributed by atoms with Gasteiger partial charge in [0, 0.05) is 30.3 Å². The van der Waals surface area contributed by atoms with Gasteiger partial charge in [-0.1, -0.05) is 36.4 Å². The molecule has 0 unspecified atom stereocenters. The summed E-state index contributed by atoms with van der Waals surface area (Å²) < 4.78 is 4.97. The molecule has 6 nitrogen and oxygen atoms in total. The van der Waals surface area contributed by atoms with E-state index in [9.17, 15) is 9.59 Å². The molecule has 0 spiro atoms. The molecule has 0 bridgehead atoms. The highest BCUT2D eigenvalue weighted by Crippen LogP contribution is 2.27. The summed E-state index contributed by atoms with van der Waals surface area (Å²) in [5, 5.41) is 2.09. The lowest BCUT2D eigenvalue weighted by atomic mass is 9.98. The molecule has 1 aromatic heterocycles. The molecule has 0 aliphatic rings. The lowest BCUT2D eigenvalue weighted by molar-refractivity contribution is -0.148. The molecule has 0 saturated heterocycles. The number of para-hydroxylation sites is 2. The number of nitrogens with two attached hydrogens (primary N) is 1. The van der Waals surface area contributed by atoms with Crippen molar-refractivity contribution < 1.29 is 14.3 Å². The first-order valence-electron chi connectivity index (χ1n) is 9.54. The van der Waals surface area contributed by atoms with Crippen LogP contribution < -0.4 is 5.73 Å². The summed E-state index contributed by atoms with van der Waals surface area (Å²) in [6.45, 7) is 2.59. The Morgan fingerprint density at radius 2 is 1.64 bits per heavy atom. The second-order valence-electron chi connectivity index (χ2n) is 6.53. The Morgan fingerprint density at radius 3 is 2.21 bits per heavy atom. The van der Waals surface area contributed by atoms with Crippen molar-refractivity contribution in [2.45, 2.75) is 19.8 Å². The Bertz CT molecular complexity index is 933. The van der Waals surface area contributed by atoms with E-state index >= 15 is 0 Å². The van der Waals surface area contributed by atoms with Gasteiger partial charge in [-0.2, -0.15) is 0 Å². The van der Waals surface area contributed by atoms with Crippen molar-refractivity contribution in [2.24, 2.45) is 5.73 Å². The van der Waals surface area contributed by atoms with Gasteiger partial charge in [0.2, 0.25) is 5.91 Å². The van der Waals surface area contributed by atoms with Crippen molar-refractivity contribution in [3.05, 3.63) is 54.1 Å². The molecular formula is C22H25N3O3. The number of fused-ring (bicyclic) bond motifs is 2. The lowest BCUT2D eigenvalue weighted by Crippen LogP contribution is -2.39. The topological polar surface area (TPSA) is 85.5 Å². The van der Waals surface area contributed by atoms with Gasteiger partial charge in [-0.25, -0.2) is 4.98 Å². The average Bonchev–Trinajstić information content (AvgIpc) is 2.70. The van der Waals surface area contributed by atoms with Gasteiger partial charge < -0.3 is 15.4 Å². The smallest absolute Gasteiger partial charge is 0.325 e. The number of rotatable bonds is 8. The Morgan fingerprint density at radius 1 is 1.04 bits per heavy atom. The van der Waals surface area contributed by atoms with Crippen LogP contribution in [0.15, 0.2) is 48.5 Å². The summed E-state index contributed by atoms with van der Waals surface area (Å²) in [6.07, 6.45) is 0.851. The van der Waals surface area contributed by atoms with Crippen LogP contribution in [0, 0.1) is 0 Å². The molecule has 1 amide bonds. The number of benzene rings is 2. The van der Waals surface area contributed by atoms with Gasteiger partial charge in [-0.15, -0.1) is 0 Å². The van der Waals surface area contributed by atoms with Crippen LogP contribution in [-0.2, 0) is 20.7 Å². The van der Waals surface area contributed by atoms with Gasteiger partial charge in [0.1, 0.15) is 6.54 Å². The summed E-state index contributed by atoms with van der Waals surface area (Å²) >= 11 is 0. The molecule has 3 rings (SSSR count). The third-order valence-electron chi connectivity index (χ3n) is 4.67. The molecule has 0 atom stereocenters. The number of esters is 1. The predicted octanol–water partition coefficient (Wildman–Crippen LogP) is 2.67. The van der Waals surface area contributed by atoms with Crippen LogP contribution in [0.25, 0.3) is 21.8 Å². The van der Waals surface area contributed by atoms with E-state index in [1.54, 1.807) is 6.92 Å². The fraction of sp³-hybridized carbons (Fsp3) is 0.318.